The van der Waals surface area contributed by atoms with Gasteiger partial charge in [0.05, 0.1) is 6.21 Å². The first kappa shape index (κ1) is 18.6. The fraction of sp³-hybridized carbons (Fsp3) is 0.286. The average molecular weight is 364 g/mol. The molecule has 2 aromatic rings. The van der Waals surface area contributed by atoms with Crippen molar-refractivity contribution in [3.05, 3.63) is 65.7 Å². The lowest BCUT2D eigenvalue weighted by atomic mass is 9.99. The van der Waals surface area contributed by atoms with E-state index in [0.29, 0.717) is 13.0 Å². The van der Waals surface area contributed by atoms with E-state index in [-0.39, 0.29) is 24.3 Å². The molecule has 1 atom stereocenters. The summed E-state index contributed by atoms with van der Waals surface area (Å²) in [6.07, 6.45) is 2.04. The Morgan fingerprint density at radius 1 is 1.19 bits per heavy atom. The molecule has 0 aliphatic carbocycles. The predicted molar refractivity (Wildman–Crippen MR) is 107 cm³/mol. The standard InChI is InChI=1S/C21H24N4O2/c1-24(2)19-10-8-16(9-11-19)13-22-23-20(26)15-25-14-18(12-21(25)27)17-6-4-3-5-7-17/h3-11,13,18H,12,14-15H2,1-2H3,(H,23,26)/b22-13+. The third-order valence-electron chi connectivity index (χ3n) is 4.63. The Labute approximate surface area is 159 Å². The van der Waals surface area contributed by atoms with E-state index in [4.69, 9.17) is 0 Å². The molecule has 2 aromatic carbocycles. The SMILES string of the molecule is CN(C)c1ccc(/C=N/NC(=O)CN2CC(c3ccccc3)CC2=O)cc1. The number of hydrogen-bond acceptors (Lipinski definition) is 4. The average Bonchev–Trinajstić information content (AvgIpc) is 3.03. The number of hydrazone groups is 1. The molecule has 1 aliphatic heterocycles. The Bertz CT molecular complexity index is 816. The van der Waals surface area contributed by atoms with Gasteiger partial charge in [0.1, 0.15) is 6.54 Å². The highest BCUT2D eigenvalue weighted by Crippen LogP contribution is 2.27. The highest BCUT2D eigenvalue weighted by atomic mass is 16.2. The van der Waals surface area contributed by atoms with Gasteiger partial charge in [-0.2, -0.15) is 5.10 Å². The first-order valence-electron chi connectivity index (χ1n) is 8.95. The smallest absolute Gasteiger partial charge is 0.259 e. The summed E-state index contributed by atoms with van der Waals surface area (Å²) in [6, 6.07) is 17.8. The fourth-order valence-corrected chi connectivity index (χ4v) is 3.12. The van der Waals surface area contributed by atoms with Crippen molar-refractivity contribution in [2.45, 2.75) is 12.3 Å². The molecule has 0 spiro atoms. The maximum Gasteiger partial charge on any atom is 0.259 e. The summed E-state index contributed by atoms with van der Waals surface area (Å²) in [7, 11) is 3.95. The Hall–Kier alpha value is -3.15. The molecule has 140 valence electrons. The molecular formula is C21H24N4O2. The largest absolute Gasteiger partial charge is 0.378 e. The van der Waals surface area contributed by atoms with Gasteiger partial charge < -0.3 is 9.80 Å². The molecule has 1 heterocycles. The van der Waals surface area contributed by atoms with Crippen molar-refractivity contribution in [1.82, 2.24) is 10.3 Å². The van der Waals surface area contributed by atoms with Crippen molar-refractivity contribution in [1.29, 1.82) is 0 Å². The summed E-state index contributed by atoms with van der Waals surface area (Å²) in [5.41, 5.74) is 5.61. The second kappa shape index (κ2) is 8.49. The molecule has 1 fully saturated rings. The molecule has 0 radical (unpaired) electrons. The Morgan fingerprint density at radius 2 is 1.89 bits per heavy atom. The van der Waals surface area contributed by atoms with Crippen LogP contribution in [0.2, 0.25) is 0 Å². The van der Waals surface area contributed by atoms with Gasteiger partial charge in [-0.3, -0.25) is 9.59 Å². The molecule has 6 heteroatoms. The van der Waals surface area contributed by atoms with E-state index in [1.165, 1.54) is 0 Å². The maximum absolute atomic E-state index is 12.2. The van der Waals surface area contributed by atoms with Crippen molar-refractivity contribution in [2.24, 2.45) is 5.10 Å². The zero-order valence-corrected chi connectivity index (χ0v) is 15.6. The summed E-state index contributed by atoms with van der Waals surface area (Å²) in [5, 5.41) is 3.98. The van der Waals surface area contributed by atoms with Gasteiger partial charge in [-0.1, -0.05) is 42.5 Å². The van der Waals surface area contributed by atoms with Gasteiger partial charge in [0.15, 0.2) is 0 Å². The van der Waals surface area contributed by atoms with Gasteiger partial charge >= 0.3 is 0 Å². The highest BCUT2D eigenvalue weighted by Gasteiger charge is 2.31. The number of rotatable bonds is 6. The summed E-state index contributed by atoms with van der Waals surface area (Å²) in [5.74, 6) is -0.148. The lowest BCUT2D eigenvalue weighted by Crippen LogP contribution is -2.36. The number of carbonyl (C=O) groups is 2. The quantitative estimate of drug-likeness (QED) is 0.631. The molecule has 1 aliphatic rings. The monoisotopic (exact) mass is 364 g/mol. The van der Waals surface area contributed by atoms with Crippen LogP contribution < -0.4 is 10.3 Å². The van der Waals surface area contributed by atoms with Crippen LogP contribution in [0.5, 0.6) is 0 Å². The molecule has 3 rings (SSSR count). The molecule has 1 unspecified atom stereocenters. The van der Waals surface area contributed by atoms with Gasteiger partial charge in [0.25, 0.3) is 5.91 Å². The lowest BCUT2D eigenvalue weighted by Gasteiger charge is -2.15. The predicted octanol–water partition coefficient (Wildman–Crippen LogP) is 2.22. The highest BCUT2D eigenvalue weighted by molar-refractivity contribution is 5.87. The van der Waals surface area contributed by atoms with Gasteiger partial charge in [-0.05, 0) is 23.3 Å². The topological polar surface area (TPSA) is 65.0 Å². The van der Waals surface area contributed by atoms with Crippen molar-refractivity contribution in [3.63, 3.8) is 0 Å². The van der Waals surface area contributed by atoms with E-state index in [2.05, 4.69) is 10.5 Å². The van der Waals surface area contributed by atoms with E-state index in [9.17, 15) is 9.59 Å². The van der Waals surface area contributed by atoms with E-state index in [1.807, 2.05) is 73.6 Å². The number of amides is 2. The second-order valence-corrected chi connectivity index (χ2v) is 6.87. The van der Waals surface area contributed by atoms with Crippen LogP contribution in [0.1, 0.15) is 23.5 Å². The Balaban J connectivity index is 1.49. The molecule has 2 amide bonds. The number of benzene rings is 2. The van der Waals surface area contributed by atoms with Crippen LogP contribution >= 0.6 is 0 Å². The van der Waals surface area contributed by atoms with Gasteiger partial charge in [0.2, 0.25) is 5.91 Å². The molecule has 1 saturated heterocycles. The van der Waals surface area contributed by atoms with Crippen LogP contribution in [-0.2, 0) is 9.59 Å². The van der Waals surface area contributed by atoms with E-state index in [0.717, 1.165) is 16.8 Å². The van der Waals surface area contributed by atoms with Crippen molar-refractivity contribution < 1.29 is 9.59 Å². The summed E-state index contributed by atoms with van der Waals surface area (Å²) >= 11 is 0. The summed E-state index contributed by atoms with van der Waals surface area (Å²) in [6.45, 7) is 0.588. The number of hydrogen-bond donors (Lipinski definition) is 1. The van der Waals surface area contributed by atoms with Crippen molar-refractivity contribution >= 4 is 23.7 Å². The molecule has 1 N–H and O–H groups in total. The molecule has 0 aromatic heterocycles. The van der Waals surface area contributed by atoms with Crippen LogP contribution in [0.25, 0.3) is 0 Å². The zero-order valence-electron chi connectivity index (χ0n) is 15.6. The van der Waals surface area contributed by atoms with E-state index < -0.39 is 0 Å². The second-order valence-electron chi connectivity index (χ2n) is 6.87. The van der Waals surface area contributed by atoms with Gasteiger partial charge in [-0.25, -0.2) is 5.43 Å². The van der Waals surface area contributed by atoms with Gasteiger partial charge in [0, 0.05) is 38.7 Å². The van der Waals surface area contributed by atoms with Crippen molar-refractivity contribution in [2.75, 3.05) is 32.1 Å². The summed E-state index contributed by atoms with van der Waals surface area (Å²) < 4.78 is 0. The van der Waals surface area contributed by atoms with Crippen LogP contribution in [0, 0.1) is 0 Å². The first-order chi connectivity index (χ1) is 13.0. The van der Waals surface area contributed by atoms with E-state index in [1.54, 1.807) is 11.1 Å². The van der Waals surface area contributed by atoms with E-state index >= 15 is 0 Å². The minimum absolute atomic E-state index is 0.00209. The number of anilines is 1. The van der Waals surface area contributed by atoms with Crippen LogP contribution in [0.4, 0.5) is 5.69 Å². The fourth-order valence-electron chi connectivity index (χ4n) is 3.12. The van der Waals surface area contributed by atoms with Crippen molar-refractivity contribution in [3.8, 4) is 0 Å². The minimum atomic E-state index is -0.293. The first-order valence-corrected chi connectivity index (χ1v) is 8.95. The molecule has 6 nitrogen and oxygen atoms in total. The summed E-state index contributed by atoms with van der Waals surface area (Å²) in [4.78, 5) is 27.9. The maximum atomic E-state index is 12.2. The normalized spacial score (nSPS) is 16.7. The molecule has 0 saturated carbocycles. The zero-order chi connectivity index (χ0) is 19.2. The number of carbonyl (C=O) groups excluding carboxylic acids is 2. The molecule has 27 heavy (non-hydrogen) atoms. The van der Waals surface area contributed by atoms with Gasteiger partial charge in [-0.15, -0.1) is 0 Å². The third-order valence-corrected chi connectivity index (χ3v) is 4.63. The Morgan fingerprint density at radius 3 is 2.56 bits per heavy atom. The van der Waals surface area contributed by atoms with Crippen LogP contribution in [0.15, 0.2) is 59.7 Å². The van der Waals surface area contributed by atoms with Crippen LogP contribution in [-0.4, -0.2) is 50.1 Å². The number of likely N-dealkylation sites (tertiary alicyclic amines) is 1. The third kappa shape index (κ3) is 4.94. The van der Waals surface area contributed by atoms with Crippen LogP contribution in [0.3, 0.4) is 0 Å². The minimum Gasteiger partial charge on any atom is -0.378 e. The molecular weight excluding hydrogens is 340 g/mol. The Kier molecular flexibility index (Phi) is 5.86. The number of nitrogens with zero attached hydrogens (tertiary/aromatic N) is 3. The lowest BCUT2D eigenvalue weighted by molar-refractivity contribution is -0.133. The molecule has 0 bridgehead atoms. The number of nitrogens with one attached hydrogen (secondary N) is 1.